The number of thioether (sulfide) groups is 1. The van der Waals surface area contributed by atoms with E-state index >= 15 is 0 Å². The van der Waals surface area contributed by atoms with Crippen molar-refractivity contribution in [1.82, 2.24) is 20.2 Å². The quantitative estimate of drug-likeness (QED) is 0.452. The molecule has 8 heteroatoms. The van der Waals surface area contributed by atoms with Crippen LogP contribution in [0.1, 0.15) is 6.92 Å². The third kappa shape index (κ3) is 4.04. The lowest BCUT2D eigenvalue weighted by Crippen LogP contribution is -2.31. The summed E-state index contributed by atoms with van der Waals surface area (Å²) in [6.07, 6.45) is 1.63. The minimum Gasteiger partial charge on any atom is -0.497 e. The molecule has 2 rings (SSSR count). The van der Waals surface area contributed by atoms with Gasteiger partial charge in [0.2, 0.25) is 11.1 Å². The van der Waals surface area contributed by atoms with Gasteiger partial charge in [-0.1, -0.05) is 17.8 Å². The molecule has 1 atom stereocenters. The van der Waals surface area contributed by atoms with Gasteiger partial charge >= 0.3 is 0 Å². The Morgan fingerprint density at radius 2 is 2.17 bits per heavy atom. The largest absolute Gasteiger partial charge is 0.497 e. The zero-order valence-corrected chi connectivity index (χ0v) is 13.8. The second kappa shape index (κ2) is 7.68. The van der Waals surface area contributed by atoms with Crippen molar-refractivity contribution in [3.8, 4) is 17.1 Å². The van der Waals surface area contributed by atoms with Crippen LogP contribution in [-0.2, 0) is 4.79 Å². The van der Waals surface area contributed by atoms with E-state index in [1.165, 1.54) is 16.4 Å². The van der Waals surface area contributed by atoms with Gasteiger partial charge in [0.1, 0.15) is 5.75 Å². The van der Waals surface area contributed by atoms with Gasteiger partial charge in [-0.05, 0) is 31.2 Å². The van der Waals surface area contributed by atoms with E-state index in [0.29, 0.717) is 17.5 Å². The highest BCUT2D eigenvalue weighted by molar-refractivity contribution is 8.00. The summed E-state index contributed by atoms with van der Waals surface area (Å²) in [5, 5.41) is 11.0. The van der Waals surface area contributed by atoms with Gasteiger partial charge in [0.25, 0.3) is 0 Å². The molecular formula is C15H19N5O2S. The molecule has 0 fully saturated rings. The van der Waals surface area contributed by atoms with E-state index in [1.807, 2.05) is 24.3 Å². The number of nitrogens with one attached hydrogen (secondary N) is 1. The van der Waals surface area contributed by atoms with Crippen LogP contribution in [0.3, 0.4) is 0 Å². The highest BCUT2D eigenvalue weighted by Gasteiger charge is 2.19. The number of benzene rings is 1. The van der Waals surface area contributed by atoms with Gasteiger partial charge in [0, 0.05) is 12.1 Å². The molecule has 1 heterocycles. The number of amides is 1. The zero-order valence-electron chi connectivity index (χ0n) is 13.0. The van der Waals surface area contributed by atoms with E-state index in [2.05, 4.69) is 22.1 Å². The van der Waals surface area contributed by atoms with Crippen molar-refractivity contribution in [3.63, 3.8) is 0 Å². The fraction of sp³-hybridized carbons (Fsp3) is 0.267. The number of nitrogens with two attached hydrogens (primary N) is 1. The summed E-state index contributed by atoms with van der Waals surface area (Å²) < 4.78 is 6.50. The van der Waals surface area contributed by atoms with E-state index in [-0.39, 0.29) is 11.2 Å². The molecule has 122 valence electrons. The molecular weight excluding hydrogens is 314 g/mol. The summed E-state index contributed by atoms with van der Waals surface area (Å²) in [5.74, 6) is 7.21. The Morgan fingerprint density at radius 1 is 1.48 bits per heavy atom. The van der Waals surface area contributed by atoms with E-state index in [1.54, 1.807) is 20.1 Å². The molecule has 3 N–H and O–H groups in total. The Hall–Kier alpha value is -2.48. The van der Waals surface area contributed by atoms with Crippen molar-refractivity contribution in [1.29, 1.82) is 0 Å². The summed E-state index contributed by atoms with van der Waals surface area (Å²) in [4.78, 5) is 11.9. The van der Waals surface area contributed by atoms with Crippen molar-refractivity contribution in [2.24, 2.45) is 0 Å². The van der Waals surface area contributed by atoms with Crippen LogP contribution in [0.15, 0.2) is 42.1 Å². The smallest absolute Gasteiger partial charge is 0.233 e. The number of nitrogens with zero attached hydrogens (tertiary/aromatic N) is 3. The molecule has 0 aliphatic heterocycles. The number of hydrogen-bond donors (Lipinski definition) is 2. The van der Waals surface area contributed by atoms with Gasteiger partial charge in [-0.25, -0.2) is 4.68 Å². The fourth-order valence-corrected chi connectivity index (χ4v) is 2.62. The minimum atomic E-state index is -0.342. The lowest BCUT2D eigenvalue weighted by atomic mass is 10.2. The number of nitrogen functional groups attached to an aromatic ring is 1. The Labute approximate surface area is 138 Å². The van der Waals surface area contributed by atoms with E-state index in [9.17, 15) is 4.79 Å². The second-order valence-electron chi connectivity index (χ2n) is 4.70. The molecule has 23 heavy (non-hydrogen) atoms. The van der Waals surface area contributed by atoms with Gasteiger partial charge in [-0.3, -0.25) is 4.79 Å². The third-order valence-electron chi connectivity index (χ3n) is 3.08. The van der Waals surface area contributed by atoms with Crippen LogP contribution in [0.4, 0.5) is 0 Å². The first-order chi connectivity index (χ1) is 11.1. The lowest BCUT2D eigenvalue weighted by Gasteiger charge is -2.10. The van der Waals surface area contributed by atoms with E-state index in [0.717, 1.165) is 11.3 Å². The number of hydrogen-bond acceptors (Lipinski definition) is 6. The number of methoxy groups -OCH3 is 1. The summed E-state index contributed by atoms with van der Waals surface area (Å²) in [6, 6.07) is 7.34. The highest BCUT2D eigenvalue weighted by Crippen LogP contribution is 2.25. The molecule has 1 amide bonds. The standard InChI is InChI=1S/C15H19N5O2S/c1-4-9-17-14(21)10(2)23-15-19-18-13(20(15)16)11-5-7-12(22-3)8-6-11/h4-8,10H,1,9,16H2,2-3H3,(H,17,21)/t10-/m0/s1. The lowest BCUT2D eigenvalue weighted by molar-refractivity contribution is -0.120. The molecule has 7 nitrogen and oxygen atoms in total. The van der Waals surface area contributed by atoms with Crippen LogP contribution in [0, 0.1) is 0 Å². The van der Waals surface area contributed by atoms with Gasteiger partial charge < -0.3 is 15.9 Å². The predicted molar refractivity (Wildman–Crippen MR) is 90.7 cm³/mol. The van der Waals surface area contributed by atoms with Gasteiger partial charge in [0.05, 0.1) is 12.4 Å². The van der Waals surface area contributed by atoms with Gasteiger partial charge in [-0.2, -0.15) is 0 Å². The average molecular weight is 333 g/mol. The number of rotatable bonds is 7. The van der Waals surface area contributed by atoms with Crippen LogP contribution in [0.2, 0.25) is 0 Å². The second-order valence-corrected chi connectivity index (χ2v) is 6.01. The summed E-state index contributed by atoms with van der Waals surface area (Å²) in [5.41, 5.74) is 0.816. The molecule has 0 aliphatic carbocycles. The Bertz CT molecular complexity index is 684. The maximum Gasteiger partial charge on any atom is 0.233 e. The molecule has 0 unspecified atom stereocenters. The molecule has 0 saturated heterocycles. The molecule has 2 aromatic rings. The SMILES string of the molecule is C=CCNC(=O)[C@H](C)Sc1nnc(-c2ccc(OC)cc2)n1N. The molecule has 0 radical (unpaired) electrons. The summed E-state index contributed by atoms with van der Waals surface area (Å²) in [7, 11) is 1.61. The summed E-state index contributed by atoms with van der Waals surface area (Å²) >= 11 is 1.25. The van der Waals surface area contributed by atoms with Crippen LogP contribution in [0.5, 0.6) is 5.75 Å². The van der Waals surface area contributed by atoms with Crippen LogP contribution >= 0.6 is 11.8 Å². The monoisotopic (exact) mass is 333 g/mol. The first-order valence-electron chi connectivity index (χ1n) is 6.97. The normalized spacial score (nSPS) is 11.7. The Morgan fingerprint density at radius 3 is 2.78 bits per heavy atom. The van der Waals surface area contributed by atoms with Crippen LogP contribution in [-0.4, -0.2) is 39.7 Å². The van der Waals surface area contributed by atoms with Crippen molar-refractivity contribution in [2.45, 2.75) is 17.3 Å². The minimum absolute atomic E-state index is 0.108. The number of ether oxygens (including phenoxy) is 1. The van der Waals surface area contributed by atoms with Crippen molar-refractivity contribution >= 4 is 17.7 Å². The number of aromatic nitrogens is 3. The molecule has 0 bridgehead atoms. The first kappa shape index (κ1) is 16.9. The average Bonchev–Trinajstić information content (AvgIpc) is 2.93. The molecule has 0 spiro atoms. The first-order valence-corrected chi connectivity index (χ1v) is 7.85. The Kier molecular flexibility index (Phi) is 5.64. The third-order valence-corrected chi connectivity index (χ3v) is 4.14. The van der Waals surface area contributed by atoms with Crippen molar-refractivity contribution in [3.05, 3.63) is 36.9 Å². The Balaban J connectivity index is 2.12. The van der Waals surface area contributed by atoms with Crippen LogP contribution in [0.25, 0.3) is 11.4 Å². The predicted octanol–water partition coefficient (Wildman–Crippen LogP) is 1.45. The topological polar surface area (TPSA) is 95.1 Å². The zero-order chi connectivity index (χ0) is 16.8. The maximum absolute atomic E-state index is 11.9. The molecule has 1 aromatic carbocycles. The molecule has 0 aliphatic rings. The van der Waals surface area contributed by atoms with Gasteiger partial charge in [-0.15, -0.1) is 16.8 Å². The number of carbonyl (C=O) groups is 1. The van der Waals surface area contributed by atoms with Crippen molar-refractivity contribution < 1.29 is 9.53 Å². The maximum atomic E-state index is 11.9. The number of carbonyl (C=O) groups excluding carboxylic acids is 1. The summed E-state index contributed by atoms with van der Waals surface area (Å²) in [6.45, 7) is 5.77. The van der Waals surface area contributed by atoms with Gasteiger partial charge in [0.15, 0.2) is 5.82 Å². The molecule has 1 aromatic heterocycles. The van der Waals surface area contributed by atoms with E-state index < -0.39 is 0 Å². The highest BCUT2D eigenvalue weighted by atomic mass is 32.2. The molecule has 0 saturated carbocycles. The van der Waals surface area contributed by atoms with E-state index in [4.69, 9.17) is 10.6 Å². The van der Waals surface area contributed by atoms with Crippen LogP contribution < -0.4 is 15.9 Å². The van der Waals surface area contributed by atoms with Crippen molar-refractivity contribution in [2.75, 3.05) is 19.5 Å². The fourth-order valence-electron chi connectivity index (χ4n) is 1.82.